The number of aromatic hydroxyl groups is 2. The number of guanidine groups is 1. The second-order valence-corrected chi connectivity index (χ2v) is 9.55. The molecule has 12 heteroatoms. The smallest absolute Gasteiger partial charge is 0.239 e. The Morgan fingerprint density at radius 3 is 2.42 bits per heavy atom. The molecule has 1 aromatic rings. The van der Waals surface area contributed by atoms with Crippen LogP contribution in [0, 0.1) is 17.2 Å². The molecule has 36 heavy (non-hydrogen) atoms. The number of benzene rings is 1. The highest BCUT2D eigenvalue weighted by molar-refractivity contribution is 5.86. The SMILES string of the molecule is N=C(N)N1CCC[C@H](NC(=O)CNC(=O)C2CCC(CNC(=O)Cc3ccc(O)c(O)c3)CC2)C1O. The quantitative estimate of drug-likeness (QED) is 0.131. The number of hydrogen-bond donors (Lipinski definition) is 8. The van der Waals surface area contributed by atoms with Gasteiger partial charge in [-0.1, -0.05) is 6.07 Å². The summed E-state index contributed by atoms with van der Waals surface area (Å²) in [5.74, 6) is -1.46. The van der Waals surface area contributed by atoms with Crippen LogP contribution in [-0.4, -0.2) is 75.8 Å². The van der Waals surface area contributed by atoms with Gasteiger partial charge in [-0.3, -0.25) is 19.8 Å². The first-order valence-corrected chi connectivity index (χ1v) is 12.3. The number of aliphatic hydroxyl groups excluding tert-OH is 1. The Hall–Kier alpha value is -3.54. The van der Waals surface area contributed by atoms with E-state index in [0.29, 0.717) is 44.3 Å². The van der Waals surface area contributed by atoms with Crippen LogP contribution in [0.4, 0.5) is 0 Å². The van der Waals surface area contributed by atoms with Crippen molar-refractivity contribution in [3.63, 3.8) is 0 Å². The van der Waals surface area contributed by atoms with Crippen LogP contribution in [0.5, 0.6) is 11.5 Å². The third kappa shape index (κ3) is 7.48. The lowest BCUT2D eigenvalue weighted by molar-refractivity contribution is -0.130. The number of aliphatic hydroxyl groups is 1. The number of phenolic OH excluding ortho intramolecular Hbond substituents is 2. The molecule has 2 fully saturated rings. The lowest BCUT2D eigenvalue weighted by Crippen LogP contribution is -2.59. The minimum Gasteiger partial charge on any atom is -0.504 e. The number of nitrogens with zero attached hydrogens (tertiary/aromatic N) is 1. The summed E-state index contributed by atoms with van der Waals surface area (Å²) in [6.07, 6.45) is 3.14. The van der Waals surface area contributed by atoms with Gasteiger partial charge in [0.1, 0.15) is 6.23 Å². The third-order valence-corrected chi connectivity index (χ3v) is 6.88. The van der Waals surface area contributed by atoms with Crippen molar-refractivity contribution in [3.8, 4) is 11.5 Å². The van der Waals surface area contributed by atoms with Gasteiger partial charge in [-0.15, -0.1) is 0 Å². The molecular weight excluding hydrogens is 468 g/mol. The van der Waals surface area contributed by atoms with Gasteiger partial charge in [-0.05, 0) is 62.1 Å². The number of amides is 3. The molecule has 3 rings (SSSR count). The maximum absolute atomic E-state index is 12.5. The van der Waals surface area contributed by atoms with Crippen LogP contribution in [0.2, 0.25) is 0 Å². The van der Waals surface area contributed by atoms with E-state index in [1.807, 2.05) is 0 Å². The zero-order chi connectivity index (χ0) is 26.2. The predicted molar refractivity (Wildman–Crippen MR) is 131 cm³/mol. The number of hydrogen-bond acceptors (Lipinski definition) is 7. The molecule has 1 aliphatic heterocycles. The first-order valence-electron chi connectivity index (χ1n) is 12.3. The average molecular weight is 505 g/mol. The highest BCUT2D eigenvalue weighted by atomic mass is 16.3. The summed E-state index contributed by atoms with van der Waals surface area (Å²) in [5, 5.41) is 44.9. The maximum Gasteiger partial charge on any atom is 0.239 e. The Morgan fingerprint density at radius 2 is 1.75 bits per heavy atom. The molecular formula is C24H36N6O6. The van der Waals surface area contributed by atoms with Gasteiger partial charge in [-0.25, -0.2) is 0 Å². The van der Waals surface area contributed by atoms with Crippen LogP contribution in [0.1, 0.15) is 44.1 Å². The third-order valence-electron chi connectivity index (χ3n) is 6.88. The fourth-order valence-electron chi connectivity index (χ4n) is 4.77. The highest BCUT2D eigenvalue weighted by Gasteiger charge is 2.32. The molecule has 1 heterocycles. The van der Waals surface area contributed by atoms with Gasteiger partial charge in [0.25, 0.3) is 0 Å². The first-order chi connectivity index (χ1) is 17.1. The zero-order valence-electron chi connectivity index (χ0n) is 20.2. The highest BCUT2D eigenvalue weighted by Crippen LogP contribution is 2.29. The van der Waals surface area contributed by atoms with E-state index in [-0.39, 0.29) is 54.1 Å². The van der Waals surface area contributed by atoms with Crippen LogP contribution in [0.15, 0.2) is 18.2 Å². The number of nitrogens with one attached hydrogen (secondary N) is 4. The topological polar surface area (TPSA) is 201 Å². The number of likely N-dealkylation sites (tertiary alicyclic amines) is 1. The molecule has 1 unspecified atom stereocenters. The van der Waals surface area contributed by atoms with E-state index in [9.17, 15) is 29.7 Å². The molecule has 0 radical (unpaired) electrons. The van der Waals surface area contributed by atoms with Crippen LogP contribution in [-0.2, 0) is 20.8 Å². The van der Waals surface area contributed by atoms with Crippen molar-refractivity contribution in [3.05, 3.63) is 23.8 Å². The van der Waals surface area contributed by atoms with Gasteiger partial charge in [0, 0.05) is 19.0 Å². The van der Waals surface area contributed by atoms with Crippen molar-refractivity contribution in [2.24, 2.45) is 17.6 Å². The molecule has 1 aromatic carbocycles. The van der Waals surface area contributed by atoms with Gasteiger partial charge in [0.15, 0.2) is 17.5 Å². The zero-order valence-corrected chi connectivity index (χ0v) is 20.2. The van der Waals surface area contributed by atoms with Crippen molar-refractivity contribution in [2.75, 3.05) is 19.6 Å². The molecule has 1 saturated carbocycles. The first kappa shape index (κ1) is 27.1. The van der Waals surface area contributed by atoms with E-state index in [1.165, 1.54) is 17.0 Å². The van der Waals surface area contributed by atoms with Crippen LogP contribution in [0.25, 0.3) is 0 Å². The lowest BCUT2D eigenvalue weighted by Gasteiger charge is -2.38. The fraction of sp³-hybridized carbons (Fsp3) is 0.583. The Kier molecular flexibility index (Phi) is 9.34. The molecule has 0 spiro atoms. The van der Waals surface area contributed by atoms with E-state index in [4.69, 9.17) is 11.1 Å². The molecule has 0 bridgehead atoms. The molecule has 2 aliphatic rings. The van der Waals surface area contributed by atoms with Crippen molar-refractivity contribution >= 4 is 23.7 Å². The normalized spacial score (nSPS) is 24.0. The summed E-state index contributed by atoms with van der Waals surface area (Å²) < 4.78 is 0. The monoisotopic (exact) mass is 504 g/mol. The molecule has 0 aromatic heterocycles. The summed E-state index contributed by atoms with van der Waals surface area (Å²) >= 11 is 0. The molecule has 2 atom stereocenters. The van der Waals surface area contributed by atoms with Crippen molar-refractivity contribution in [1.82, 2.24) is 20.9 Å². The number of rotatable bonds is 8. The summed E-state index contributed by atoms with van der Waals surface area (Å²) in [6.45, 7) is 0.764. The summed E-state index contributed by atoms with van der Waals surface area (Å²) in [6, 6.07) is 3.72. The molecule has 1 aliphatic carbocycles. The van der Waals surface area contributed by atoms with Gasteiger partial charge in [0.2, 0.25) is 17.7 Å². The Morgan fingerprint density at radius 1 is 1.03 bits per heavy atom. The van der Waals surface area contributed by atoms with E-state index in [2.05, 4.69) is 16.0 Å². The largest absolute Gasteiger partial charge is 0.504 e. The van der Waals surface area contributed by atoms with Crippen molar-refractivity contribution in [2.45, 2.75) is 57.2 Å². The number of nitrogens with two attached hydrogens (primary N) is 1. The fourth-order valence-corrected chi connectivity index (χ4v) is 4.77. The standard InChI is InChI=1S/C24H36N6O6/c25-24(26)30-9-1-2-17(23(30)36)29-21(34)13-28-22(35)16-6-3-14(4-7-16)12-27-20(33)11-15-5-8-18(31)19(32)10-15/h5,8,10,14,16-17,23,31-32,36H,1-4,6-7,9,11-13H2,(H3,25,26)(H,27,33)(H,28,35)(H,29,34)/t14?,16?,17-,23?/m0/s1. The molecule has 9 N–H and O–H groups in total. The number of carbonyl (C=O) groups excluding carboxylic acids is 3. The van der Waals surface area contributed by atoms with Gasteiger partial charge < -0.3 is 41.9 Å². The van der Waals surface area contributed by atoms with Crippen LogP contribution < -0.4 is 21.7 Å². The van der Waals surface area contributed by atoms with E-state index in [0.717, 1.165) is 12.8 Å². The second-order valence-electron chi connectivity index (χ2n) is 9.55. The van der Waals surface area contributed by atoms with E-state index in [1.54, 1.807) is 6.07 Å². The molecule has 198 valence electrons. The number of piperidine rings is 1. The van der Waals surface area contributed by atoms with Crippen LogP contribution >= 0.6 is 0 Å². The summed E-state index contributed by atoms with van der Waals surface area (Å²) in [4.78, 5) is 38.3. The van der Waals surface area contributed by atoms with Gasteiger partial charge in [0.05, 0.1) is 19.0 Å². The molecule has 12 nitrogen and oxygen atoms in total. The summed E-state index contributed by atoms with van der Waals surface area (Å²) in [5.41, 5.74) is 6.06. The van der Waals surface area contributed by atoms with Crippen LogP contribution in [0.3, 0.4) is 0 Å². The minimum atomic E-state index is -1.07. The van der Waals surface area contributed by atoms with E-state index >= 15 is 0 Å². The number of phenols is 2. The Labute approximate surface area is 209 Å². The lowest BCUT2D eigenvalue weighted by atomic mass is 9.81. The number of carbonyl (C=O) groups is 3. The second kappa shape index (κ2) is 12.4. The molecule has 1 saturated heterocycles. The van der Waals surface area contributed by atoms with Crippen molar-refractivity contribution < 1.29 is 29.7 Å². The average Bonchev–Trinajstić information content (AvgIpc) is 2.85. The molecule has 3 amide bonds. The van der Waals surface area contributed by atoms with Crippen molar-refractivity contribution in [1.29, 1.82) is 5.41 Å². The van der Waals surface area contributed by atoms with Gasteiger partial charge in [-0.2, -0.15) is 0 Å². The predicted octanol–water partition coefficient (Wildman–Crippen LogP) is -0.528. The Balaban J connectivity index is 1.32. The minimum absolute atomic E-state index is 0.0956. The maximum atomic E-state index is 12.5. The van der Waals surface area contributed by atoms with Gasteiger partial charge >= 0.3 is 0 Å². The summed E-state index contributed by atoms with van der Waals surface area (Å²) in [7, 11) is 0. The Bertz CT molecular complexity index is 964. The van der Waals surface area contributed by atoms with E-state index < -0.39 is 18.2 Å².